The Morgan fingerprint density at radius 3 is 2.85 bits per heavy atom. The minimum atomic E-state index is 0.217. The number of hydrogen-bond donors (Lipinski definition) is 3. The first-order valence-electron chi connectivity index (χ1n) is 11.5. The summed E-state index contributed by atoms with van der Waals surface area (Å²) in [6.07, 6.45) is 14.2. The Morgan fingerprint density at radius 2 is 1.97 bits per heavy atom. The molecule has 1 aliphatic rings. The van der Waals surface area contributed by atoms with Gasteiger partial charge in [0.05, 0.1) is 22.7 Å². The minimum Gasteiger partial charge on any atom is -0.335 e. The van der Waals surface area contributed by atoms with E-state index in [1.54, 1.807) is 0 Å². The molecule has 0 bridgehead atoms. The number of nitrogens with one attached hydrogen (secondary N) is 3. The molecule has 8 heteroatoms. The van der Waals surface area contributed by atoms with Gasteiger partial charge in [-0.05, 0) is 42.3 Å². The maximum atomic E-state index is 4.95. The fourth-order valence-corrected chi connectivity index (χ4v) is 4.42. The third-order valence-corrected chi connectivity index (χ3v) is 6.19. The van der Waals surface area contributed by atoms with E-state index in [9.17, 15) is 0 Å². The number of rotatable bonds is 6. The summed E-state index contributed by atoms with van der Waals surface area (Å²) in [6.45, 7) is 3.82. The Hall–Kier alpha value is -4.17. The van der Waals surface area contributed by atoms with E-state index in [1.807, 2.05) is 37.2 Å². The molecular weight excluding hydrogens is 424 g/mol. The highest BCUT2D eigenvalue weighted by Gasteiger charge is 2.19. The van der Waals surface area contributed by atoms with Crippen molar-refractivity contribution in [3.8, 4) is 22.6 Å². The smallest absolute Gasteiger partial charge is 0.159 e. The van der Waals surface area contributed by atoms with E-state index >= 15 is 0 Å². The first-order valence-corrected chi connectivity index (χ1v) is 11.5. The number of aromatic nitrogens is 6. The second kappa shape index (κ2) is 8.64. The lowest BCUT2D eigenvalue weighted by molar-refractivity contribution is 0.724. The summed E-state index contributed by atoms with van der Waals surface area (Å²) < 4.78 is 0. The van der Waals surface area contributed by atoms with Gasteiger partial charge in [-0.25, -0.2) is 4.98 Å². The van der Waals surface area contributed by atoms with E-state index < -0.39 is 0 Å². The number of hydrogen-bond acceptors (Lipinski definition) is 6. The van der Waals surface area contributed by atoms with Crippen LogP contribution in [0.2, 0.25) is 0 Å². The van der Waals surface area contributed by atoms with Crippen molar-refractivity contribution >= 4 is 28.2 Å². The average Bonchev–Trinajstić information content (AvgIpc) is 3.51. The standard InChI is InChI=1S/C26H24N8/c1-2-27-11-16-9-19(13-29-12-16)18-3-4-22-20(10-18)25(34-33-22)26-31-23-15-30-14-21(24(23)32-26)17-5-7-28-8-6-17/h3-5,7-10,12-15,17,27H,2,6,11H2,1H3,(H,31,32)(H,33,34). The molecule has 0 saturated heterocycles. The summed E-state index contributed by atoms with van der Waals surface area (Å²) >= 11 is 0. The van der Waals surface area contributed by atoms with Crippen molar-refractivity contribution in [2.24, 2.45) is 4.99 Å². The molecule has 6 rings (SSSR count). The normalized spacial score (nSPS) is 15.5. The summed E-state index contributed by atoms with van der Waals surface area (Å²) in [4.78, 5) is 21.4. The fourth-order valence-electron chi connectivity index (χ4n) is 4.42. The molecule has 1 atom stereocenters. The van der Waals surface area contributed by atoms with Crippen LogP contribution < -0.4 is 5.32 Å². The summed E-state index contributed by atoms with van der Waals surface area (Å²) in [6, 6.07) is 8.47. The van der Waals surface area contributed by atoms with Crippen LogP contribution >= 0.6 is 0 Å². The van der Waals surface area contributed by atoms with Crippen LogP contribution in [-0.2, 0) is 6.54 Å². The highest BCUT2D eigenvalue weighted by molar-refractivity contribution is 5.96. The number of fused-ring (bicyclic) bond motifs is 2. The molecule has 0 amide bonds. The minimum absolute atomic E-state index is 0.217. The molecule has 1 aromatic carbocycles. The zero-order chi connectivity index (χ0) is 22.9. The molecular formula is C26H24N8. The Morgan fingerprint density at radius 1 is 1.03 bits per heavy atom. The zero-order valence-electron chi connectivity index (χ0n) is 18.8. The molecule has 1 aliphatic heterocycles. The van der Waals surface area contributed by atoms with E-state index in [0.29, 0.717) is 0 Å². The van der Waals surface area contributed by atoms with Crippen molar-refractivity contribution < 1.29 is 0 Å². The molecule has 0 aliphatic carbocycles. The number of aliphatic imine (C=N–C) groups is 1. The monoisotopic (exact) mass is 448 g/mol. The summed E-state index contributed by atoms with van der Waals surface area (Å²) in [5.41, 5.74) is 7.98. The van der Waals surface area contributed by atoms with Crippen LogP contribution in [0, 0.1) is 0 Å². The maximum Gasteiger partial charge on any atom is 0.159 e. The second-order valence-corrected chi connectivity index (χ2v) is 8.42. The number of nitrogens with zero attached hydrogens (tertiary/aromatic N) is 5. The predicted molar refractivity (Wildman–Crippen MR) is 135 cm³/mol. The van der Waals surface area contributed by atoms with Gasteiger partial charge in [-0.2, -0.15) is 5.10 Å². The number of allylic oxidation sites excluding steroid dienone is 1. The quantitative estimate of drug-likeness (QED) is 0.348. The van der Waals surface area contributed by atoms with Crippen LogP contribution in [0.3, 0.4) is 0 Å². The van der Waals surface area contributed by atoms with Crippen LogP contribution in [0.15, 0.2) is 66.3 Å². The molecule has 0 spiro atoms. The van der Waals surface area contributed by atoms with E-state index in [4.69, 9.17) is 4.98 Å². The van der Waals surface area contributed by atoms with Gasteiger partial charge in [0.25, 0.3) is 0 Å². The molecule has 8 nitrogen and oxygen atoms in total. The van der Waals surface area contributed by atoms with Crippen molar-refractivity contribution in [2.45, 2.75) is 25.8 Å². The SMILES string of the molecule is CCNCc1cncc(-c2ccc3[nH]nc(-c4nc5c(C6C=CN=CC6)cncc5[nH]4)c3c2)c1. The Labute approximate surface area is 196 Å². The molecule has 0 radical (unpaired) electrons. The molecule has 4 aromatic heterocycles. The van der Waals surface area contributed by atoms with Gasteiger partial charge in [-0.3, -0.25) is 20.1 Å². The fraction of sp³-hybridized carbons (Fsp3) is 0.192. The largest absolute Gasteiger partial charge is 0.335 e. The van der Waals surface area contributed by atoms with Gasteiger partial charge in [0.15, 0.2) is 5.82 Å². The topological polar surface area (TPSA) is 108 Å². The number of H-pyrrole nitrogens is 2. The van der Waals surface area contributed by atoms with Crippen molar-refractivity contribution in [2.75, 3.05) is 6.54 Å². The Kier molecular flexibility index (Phi) is 5.20. The van der Waals surface area contributed by atoms with Crippen LogP contribution in [0.5, 0.6) is 0 Å². The first kappa shape index (κ1) is 20.4. The van der Waals surface area contributed by atoms with Crippen molar-refractivity contribution in [1.29, 1.82) is 0 Å². The zero-order valence-corrected chi connectivity index (χ0v) is 18.8. The van der Waals surface area contributed by atoms with E-state index in [0.717, 1.165) is 75.2 Å². The van der Waals surface area contributed by atoms with Gasteiger partial charge in [0.2, 0.25) is 0 Å². The highest BCUT2D eigenvalue weighted by Crippen LogP contribution is 2.33. The second-order valence-electron chi connectivity index (χ2n) is 8.42. The van der Waals surface area contributed by atoms with Crippen molar-refractivity contribution in [3.05, 3.63) is 72.5 Å². The number of benzene rings is 1. The first-order chi connectivity index (χ1) is 16.8. The van der Waals surface area contributed by atoms with Gasteiger partial charge in [-0.15, -0.1) is 0 Å². The van der Waals surface area contributed by atoms with E-state index in [-0.39, 0.29) is 5.92 Å². The lowest BCUT2D eigenvalue weighted by atomic mass is 9.96. The third kappa shape index (κ3) is 3.68. The predicted octanol–water partition coefficient (Wildman–Crippen LogP) is 4.74. The van der Waals surface area contributed by atoms with Crippen LogP contribution in [0.25, 0.3) is 44.6 Å². The van der Waals surface area contributed by atoms with Crippen LogP contribution in [-0.4, -0.2) is 42.9 Å². The molecule has 5 aromatic rings. The molecule has 0 saturated carbocycles. The van der Waals surface area contributed by atoms with E-state index in [2.05, 4.69) is 72.7 Å². The highest BCUT2D eigenvalue weighted by atomic mass is 15.1. The Balaban J connectivity index is 1.41. The van der Waals surface area contributed by atoms with E-state index in [1.165, 1.54) is 0 Å². The van der Waals surface area contributed by atoms with Crippen LogP contribution in [0.4, 0.5) is 0 Å². The van der Waals surface area contributed by atoms with Crippen LogP contribution in [0.1, 0.15) is 30.4 Å². The molecule has 0 fully saturated rings. The summed E-state index contributed by atoms with van der Waals surface area (Å²) in [7, 11) is 0. The molecule has 34 heavy (non-hydrogen) atoms. The lowest BCUT2D eigenvalue weighted by Crippen LogP contribution is -2.11. The summed E-state index contributed by atoms with van der Waals surface area (Å²) in [5, 5.41) is 12.1. The number of pyridine rings is 2. The molecule has 5 heterocycles. The number of aromatic amines is 2. The molecule has 168 valence electrons. The molecule has 3 N–H and O–H groups in total. The van der Waals surface area contributed by atoms with Gasteiger partial charge < -0.3 is 10.3 Å². The van der Waals surface area contributed by atoms with Gasteiger partial charge in [-0.1, -0.05) is 19.1 Å². The third-order valence-electron chi connectivity index (χ3n) is 6.19. The van der Waals surface area contributed by atoms with Gasteiger partial charge >= 0.3 is 0 Å². The van der Waals surface area contributed by atoms with Crippen molar-refractivity contribution in [1.82, 2.24) is 35.5 Å². The number of imidazole rings is 1. The van der Waals surface area contributed by atoms with Crippen molar-refractivity contribution in [3.63, 3.8) is 0 Å². The lowest BCUT2D eigenvalue weighted by Gasteiger charge is -2.12. The average molecular weight is 449 g/mol. The maximum absolute atomic E-state index is 4.95. The Bertz CT molecular complexity index is 1540. The summed E-state index contributed by atoms with van der Waals surface area (Å²) in [5.74, 6) is 0.939. The van der Waals surface area contributed by atoms with Gasteiger partial charge in [0.1, 0.15) is 5.69 Å². The molecule has 1 unspecified atom stereocenters. The van der Waals surface area contributed by atoms with Gasteiger partial charge in [0, 0.05) is 60.0 Å².